The van der Waals surface area contributed by atoms with Crippen LogP contribution in [0.15, 0.2) is 194 Å². The second kappa shape index (κ2) is 12.2. The lowest BCUT2D eigenvalue weighted by atomic mass is 9.66. The Labute approximate surface area is 329 Å². The zero-order chi connectivity index (χ0) is 37.5. The second-order valence-electron chi connectivity index (χ2n) is 14.7. The molecular formula is C52H32N4O. The van der Waals surface area contributed by atoms with Gasteiger partial charge in [0.15, 0.2) is 17.5 Å². The minimum atomic E-state index is -0.595. The highest BCUT2D eigenvalue weighted by atomic mass is 16.5. The van der Waals surface area contributed by atoms with Gasteiger partial charge in [0.2, 0.25) is 0 Å². The fourth-order valence-electron chi connectivity index (χ4n) is 9.33. The molecule has 266 valence electrons. The van der Waals surface area contributed by atoms with Crippen LogP contribution in [0.2, 0.25) is 0 Å². The molecule has 0 N–H and O–H groups in total. The average molecular weight is 729 g/mol. The number of hydrogen-bond donors (Lipinski definition) is 0. The van der Waals surface area contributed by atoms with Gasteiger partial charge < -0.3 is 9.30 Å². The summed E-state index contributed by atoms with van der Waals surface area (Å²) in [5.41, 5.74) is 12.6. The fraction of sp³-hybridized carbons (Fsp3) is 0.0192. The van der Waals surface area contributed by atoms with E-state index in [1.165, 1.54) is 33.0 Å². The number of rotatable bonds is 4. The summed E-state index contributed by atoms with van der Waals surface area (Å²) in [4.78, 5) is 15.6. The van der Waals surface area contributed by atoms with E-state index in [1.807, 2.05) is 30.3 Å². The smallest absolute Gasteiger partial charge is 0.164 e. The Morgan fingerprint density at radius 3 is 1.56 bits per heavy atom. The summed E-state index contributed by atoms with van der Waals surface area (Å²) in [5, 5.41) is 2.44. The van der Waals surface area contributed by atoms with Crippen molar-refractivity contribution in [3.05, 3.63) is 216 Å². The molecule has 2 aromatic heterocycles. The molecule has 0 fully saturated rings. The predicted octanol–water partition coefficient (Wildman–Crippen LogP) is 12.4. The highest BCUT2D eigenvalue weighted by Crippen LogP contribution is 2.62. The highest BCUT2D eigenvalue weighted by molar-refractivity contribution is 6.09. The van der Waals surface area contributed by atoms with Crippen LogP contribution in [0.5, 0.6) is 11.5 Å². The molecule has 0 saturated carbocycles. The van der Waals surface area contributed by atoms with Crippen molar-refractivity contribution in [2.24, 2.45) is 0 Å². The highest BCUT2D eigenvalue weighted by Gasteiger charge is 2.51. The molecule has 5 heteroatoms. The Morgan fingerprint density at radius 1 is 0.368 bits per heavy atom. The predicted molar refractivity (Wildman–Crippen MR) is 228 cm³/mol. The van der Waals surface area contributed by atoms with E-state index in [0.717, 1.165) is 56.0 Å². The molecule has 1 aliphatic carbocycles. The number of benzene rings is 8. The van der Waals surface area contributed by atoms with Crippen LogP contribution in [0.3, 0.4) is 0 Å². The first-order valence-corrected chi connectivity index (χ1v) is 19.3. The van der Waals surface area contributed by atoms with Crippen molar-refractivity contribution in [2.45, 2.75) is 5.41 Å². The van der Waals surface area contributed by atoms with Gasteiger partial charge in [0, 0.05) is 44.3 Å². The van der Waals surface area contributed by atoms with Gasteiger partial charge in [-0.3, -0.25) is 0 Å². The summed E-state index contributed by atoms with van der Waals surface area (Å²) >= 11 is 0. The molecule has 1 spiro atoms. The third-order valence-corrected chi connectivity index (χ3v) is 11.7. The van der Waals surface area contributed by atoms with Crippen molar-refractivity contribution in [2.75, 3.05) is 0 Å². The summed E-state index contributed by atoms with van der Waals surface area (Å²) in [7, 11) is 0. The van der Waals surface area contributed by atoms with Gasteiger partial charge in [-0.1, -0.05) is 152 Å². The Hall–Kier alpha value is -7.63. The summed E-state index contributed by atoms with van der Waals surface area (Å²) in [6.07, 6.45) is 0. The van der Waals surface area contributed by atoms with Crippen molar-refractivity contribution in [3.8, 4) is 62.5 Å². The SMILES string of the molecule is c1ccc(-c2nc(-c3cccc(-n4c5ccccc5c5ccccc54)c3)nc(-c3ccc4c(c3)C3(c5ccccc5Oc5ccccc53)c3ccccc3-4)n2)cc1. The number of hydrogen-bond acceptors (Lipinski definition) is 4. The van der Waals surface area contributed by atoms with Gasteiger partial charge in [-0.25, -0.2) is 15.0 Å². The van der Waals surface area contributed by atoms with Gasteiger partial charge in [-0.15, -0.1) is 0 Å². The molecule has 57 heavy (non-hydrogen) atoms. The molecule has 10 aromatic rings. The summed E-state index contributed by atoms with van der Waals surface area (Å²) in [6, 6.07) is 68.3. The first-order chi connectivity index (χ1) is 28.3. The maximum absolute atomic E-state index is 6.59. The van der Waals surface area contributed by atoms with Gasteiger partial charge in [0.25, 0.3) is 0 Å². The van der Waals surface area contributed by atoms with E-state index in [9.17, 15) is 0 Å². The lowest BCUT2D eigenvalue weighted by molar-refractivity contribution is 0.436. The van der Waals surface area contributed by atoms with Crippen molar-refractivity contribution in [1.29, 1.82) is 0 Å². The van der Waals surface area contributed by atoms with E-state index in [1.54, 1.807) is 0 Å². The standard InChI is InChI=1S/C52H32N4O/c1-2-15-33(16-3-1)49-53-50(34-17-14-18-36(31-34)56-45-25-10-5-20-39(45)40-21-6-11-26-46(40)56)55-51(54-49)35-29-30-38-37-19-4-7-22-41(37)52(44(38)32-35)42-23-8-12-27-47(42)57-48-28-13-9-24-43(48)52/h1-32H. The van der Waals surface area contributed by atoms with Crippen molar-refractivity contribution in [3.63, 3.8) is 0 Å². The van der Waals surface area contributed by atoms with Crippen molar-refractivity contribution < 1.29 is 4.74 Å². The maximum atomic E-state index is 6.59. The molecule has 0 radical (unpaired) electrons. The quantitative estimate of drug-likeness (QED) is 0.181. The van der Waals surface area contributed by atoms with Crippen LogP contribution in [-0.4, -0.2) is 19.5 Å². The monoisotopic (exact) mass is 728 g/mol. The molecule has 0 atom stereocenters. The molecule has 5 nitrogen and oxygen atoms in total. The Kier molecular flexibility index (Phi) is 6.78. The van der Waals surface area contributed by atoms with E-state index >= 15 is 0 Å². The normalized spacial score (nSPS) is 13.2. The van der Waals surface area contributed by atoms with Crippen molar-refractivity contribution in [1.82, 2.24) is 19.5 Å². The van der Waals surface area contributed by atoms with Crippen LogP contribution >= 0.6 is 0 Å². The molecular weight excluding hydrogens is 697 g/mol. The molecule has 3 heterocycles. The maximum Gasteiger partial charge on any atom is 0.164 e. The van der Waals surface area contributed by atoms with E-state index in [-0.39, 0.29) is 0 Å². The number of aromatic nitrogens is 4. The van der Waals surface area contributed by atoms with Crippen LogP contribution in [0.25, 0.3) is 72.8 Å². The number of para-hydroxylation sites is 4. The van der Waals surface area contributed by atoms with Gasteiger partial charge in [-0.05, 0) is 64.7 Å². The Balaban J connectivity index is 1.08. The molecule has 0 amide bonds. The molecule has 0 saturated heterocycles. The van der Waals surface area contributed by atoms with Gasteiger partial charge in [0.1, 0.15) is 11.5 Å². The number of fused-ring (bicyclic) bond motifs is 12. The van der Waals surface area contributed by atoms with E-state index in [4.69, 9.17) is 19.7 Å². The molecule has 12 rings (SSSR count). The largest absolute Gasteiger partial charge is 0.457 e. The Bertz CT molecular complexity index is 3140. The fourth-order valence-corrected chi connectivity index (χ4v) is 9.33. The van der Waals surface area contributed by atoms with E-state index < -0.39 is 5.41 Å². The zero-order valence-electron chi connectivity index (χ0n) is 30.7. The van der Waals surface area contributed by atoms with Gasteiger partial charge in [0.05, 0.1) is 16.4 Å². The lowest BCUT2D eigenvalue weighted by Crippen LogP contribution is -2.32. The molecule has 0 bridgehead atoms. The summed E-state index contributed by atoms with van der Waals surface area (Å²) < 4.78 is 8.92. The zero-order valence-corrected chi connectivity index (χ0v) is 30.7. The molecule has 1 aliphatic heterocycles. The van der Waals surface area contributed by atoms with Crippen LogP contribution in [0.4, 0.5) is 0 Å². The topological polar surface area (TPSA) is 52.8 Å². The summed E-state index contributed by atoms with van der Waals surface area (Å²) in [5.74, 6) is 3.57. The lowest BCUT2D eigenvalue weighted by Gasteiger charge is -2.39. The first-order valence-electron chi connectivity index (χ1n) is 19.3. The number of nitrogens with zero attached hydrogens (tertiary/aromatic N) is 4. The second-order valence-corrected chi connectivity index (χ2v) is 14.7. The van der Waals surface area contributed by atoms with Crippen LogP contribution in [-0.2, 0) is 5.41 Å². The number of ether oxygens (including phenoxy) is 1. The average Bonchev–Trinajstić information content (AvgIpc) is 3.77. The van der Waals surface area contributed by atoms with E-state index in [2.05, 4.69) is 168 Å². The molecule has 2 aliphatic rings. The molecule has 0 unspecified atom stereocenters. The molecule has 8 aromatic carbocycles. The first kappa shape index (κ1) is 31.7. The van der Waals surface area contributed by atoms with E-state index in [0.29, 0.717) is 17.5 Å². The summed E-state index contributed by atoms with van der Waals surface area (Å²) in [6.45, 7) is 0. The minimum Gasteiger partial charge on any atom is -0.457 e. The third kappa shape index (κ3) is 4.60. The van der Waals surface area contributed by atoms with Crippen LogP contribution in [0, 0.1) is 0 Å². The van der Waals surface area contributed by atoms with Crippen LogP contribution < -0.4 is 4.74 Å². The van der Waals surface area contributed by atoms with Gasteiger partial charge >= 0.3 is 0 Å². The Morgan fingerprint density at radius 2 is 0.877 bits per heavy atom. The minimum absolute atomic E-state index is 0.595. The van der Waals surface area contributed by atoms with Crippen LogP contribution in [0.1, 0.15) is 22.3 Å². The van der Waals surface area contributed by atoms with Crippen molar-refractivity contribution >= 4 is 21.8 Å². The third-order valence-electron chi connectivity index (χ3n) is 11.7. The van der Waals surface area contributed by atoms with Gasteiger partial charge in [-0.2, -0.15) is 0 Å².